The van der Waals surface area contributed by atoms with E-state index in [-0.39, 0.29) is 0 Å². The van der Waals surface area contributed by atoms with E-state index in [4.69, 9.17) is 20.8 Å². The predicted molar refractivity (Wildman–Crippen MR) is 88.9 cm³/mol. The number of rotatable bonds is 4. The van der Waals surface area contributed by atoms with Crippen LogP contribution in [0.1, 0.15) is 11.5 Å². The lowest BCUT2D eigenvalue weighted by molar-refractivity contribution is 0.415. The van der Waals surface area contributed by atoms with E-state index in [9.17, 15) is 0 Å². The Kier molecular flexibility index (Phi) is 4.26. The highest BCUT2D eigenvalue weighted by Gasteiger charge is 2.04. The van der Waals surface area contributed by atoms with Crippen LogP contribution in [0.15, 0.2) is 59.1 Å². The predicted octanol–water partition coefficient (Wildman–Crippen LogP) is 5.17. The number of methoxy groups -OCH3 is 1. The van der Waals surface area contributed by atoms with Gasteiger partial charge in [-0.05, 0) is 48.0 Å². The maximum Gasteiger partial charge on any atom is 0.219 e. The molecule has 0 radical (unpaired) electrons. The minimum atomic E-state index is 0.556. The van der Waals surface area contributed by atoms with Gasteiger partial charge in [0.05, 0.1) is 13.3 Å². The molecule has 0 aliphatic carbocycles. The van der Waals surface area contributed by atoms with Gasteiger partial charge in [0.25, 0.3) is 0 Å². The fraction of sp³-hybridized carbons (Fsp3) is 0.0556. The molecule has 3 nitrogen and oxygen atoms in total. The molecule has 22 heavy (non-hydrogen) atoms. The Balaban J connectivity index is 1.76. The highest BCUT2D eigenvalue weighted by atomic mass is 35.5. The molecule has 1 aromatic heterocycles. The van der Waals surface area contributed by atoms with E-state index in [0.717, 1.165) is 27.7 Å². The normalized spacial score (nSPS) is 11.0. The summed E-state index contributed by atoms with van der Waals surface area (Å²) in [5.41, 5.74) is 1.99. The van der Waals surface area contributed by atoms with Crippen LogP contribution < -0.4 is 4.74 Å². The molecule has 0 spiro atoms. The van der Waals surface area contributed by atoms with Crippen molar-refractivity contribution in [3.8, 4) is 17.1 Å². The summed E-state index contributed by atoms with van der Waals surface area (Å²) in [6.45, 7) is 0. The Bertz CT molecular complexity index is 774. The third-order valence-electron chi connectivity index (χ3n) is 3.19. The van der Waals surface area contributed by atoms with E-state index in [1.807, 2.05) is 60.7 Å². The van der Waals surface area contributed by atoms with Crippen molar-refractivity contribution in [3.05, 3.63) is 71.2 Å². The second kappa shape index (κ2) is 6.50. The van der Waals surface area contributed by atoms with Crippen LogP contribution >= 0.6 is 11.6 Å². The van der Waals surface area contributed by atoms with Gasteiger partial charge < -0.3 is 9.15 Å². The topological polar surface area (TPSA) is 35.3 Å². The summed E-state index contributed by atoms with van der Waals surface area (Å²) in [4.78, 5) is 4.26. The fourth-order valence-electron chi connectivity index (χ4n) is 1.99. The standard InChI is InChI=1S/C18H14ClNO2/c1-21-16-9-5-14(6-10-16)17-12-20-18(22-17)11-4-13-2-7-15(19)8-3-13/h2-12H,1H3/b11-4+. The molecule has 110 valence electrons. The van der Waals surface area contributed by atoms with E-state index < -0.39 is 0 Å². The molecule has 1 heterocycles. The lowest BCUT2D eigenvalue weighted by Gasteiger charge is -1.99. The van der Waals surface area contributed by atoms with Crippen molar-refractivity contribution in [1.82, 2.24) is 4.98 Å². The first-order valence-corrected chi connectivity index (χ1v) is 7.16. The summed E-state index contributed by atoms with van der Waals surface area (Å²) in [7, 11) is 1.64. The Labute approximate surface area is 133 Å². The average molecular weight is 312 g/mol. The number of oxazole rings is 1. The Morgan fingerprint density at radius 1 is 1.00 bits per heavy atom. The Morgan fingerprint density at radius 3 is 2.41 bits per heavy atom. The van der Waals surface area contributed by atoms with Gasteiger partial charge in [0.2, 0.25) is 5.89 Å². The molecule has 0 aliphatic heterocycles. The second-order valence-corrected chi connectivity index (χ2v) is 5.11. The minimum absolute atomic E-state index is 0.556. The van der Waals surface area contributed by atoms with Crippen LogP contribution in [0.4, 0.5) is 0 Å². The number of nitrogens with zero attached hydrogens (tertiary/aromatic N) is 1. The summed E-state index contributed by atoms with van der Waals surface area (Å²) in [5, 5.41) is 0.718. The zero-order valence-corrected chi connectivity index (χ0v) is 12.7. The van der Waals surface area contributed by atoms with Crippen LogP contribution in [-0.4, -0.2) is 12.1 Å². The quantitative estimate of drug-likeness (QED) is 0.666. The zero-order chi connectivity index (χ0) is 15.4. The van der Waals surface area contributed by atoms with Gasteiger partial charge in [-0.3, -0.25) is 0 Å². The summed E-state index contributed by atoms with van der Waals surface area (Å²) in [6, 6.07) is 15.2. The highest BCUT2D eigenvalue weighted by molar-refractivity contribution is 6.30. The molecule has 3 aromatic rings. The first-order valence-electron chi connectivity index (χ1n) is 6.78. The van der Waals surface area contributed by atoms with Crippen LogP contribution in [-0.2, 0) is 0 Å². The van der Waals surface area contributed by atoms with Gasteiger partial charge in [0, 0.05) is 16.7 Å². The molecule has 0 amide bonds. The van der Waals surface area contributed by atoms with E-state index in [0.29, 0.717) is 5.89 Å². The van der Waals surface area contributed by atoms with E-state index in [2.05, 4.69) is 4.98 Å². The molecule has 0 bridgehead atoms. The van der Waals surface area contributed by atoms with E-state index in [1.165, 1.54) is 0 Å². The van der Waals surface area contributed by atoms with E-state index in [1.54, 1.807) is 13.3 Å². The van der Waals surface area contributed by atoms with Crippen molar-refractivity contribution in [1.29, 1.82) is 0 Å². The van der Waals surface area contributed by atoms with Crippen molar-refractivity contribution in [2.24, 2.45) is 0 Å². The summed E-state index contributed by atoms with van der Waals surface area (Å²) >= 11 is 5.86. The third-order valence-corrected chi connectivity index (χ3v) is 3.44. The maximum atomic E-state index is 5.86. The van der Waals surface area contributed by atoms with Crippen LogP contribution in [0, 0.1) is 0 Å². The van der Waals surface area contributed by atoms with Gasteiger partial charge in [-0.2, -0.15) is 0 Å². The van der Waals surface area contributed by atoms with Crippen LogP contribution in [0.2, 0.25) is 5.02 Å². The van der Waals surface area contributed by atoms with Crippen LogP contribution in [0.25, 0.3) is 23.5 Å². The van der Waals surface area contributed by atoms with Gasteiger partial charge >= 0.3 is 0 Å². The van der Waals surface area contributed by atoms with E-state index >= 15 is 0 Å². The average Bonchev–Trinajstić information content (AvgIpc) is 3.03. The summed E-state index contributed by atoms with van der Waals surface area (Å²) in [5.74, 6) is 2.09. The monoisotopic (exact) mass is 311 g/mol. The molecular formula is C18H14ClNO2. The molecule has 3 rings (SSSR count). The first-order chi connectivity index (χ1) is 10.7. The van der Waals surface area contributed by atoms with Crippen molar-refractivity contribution in [3.63, 3.8) is 0 Å². The number of hydrogen-bond acceptors (Lipinski definition) is 3. The summed E-state index contributed by atoms with van der Waals surface area (Å²) < 4.78 is 10.9. The number of ether oxygens (including phenoxy) is 1. The van der Waals surface area contributed by atoms with Gasteiger partial charge in [-0.15, -0.1) is 0 Å². The molecular weight excluding hydrogens is 298 g/mol. The molecule has 0 saturated heterocycles. The van der Waals surface area contributed by atoms with Crippen molar-refractivity contribution < 1.29 is 9.15 Å². The number of benzene rings is 2. The molecule has 0 atom stereocenters. The second-order valence-electron chi connectivity index (χ2n) is 4.68. The molecule has 4 heteroatoms. The van der Waals surface area contributed by atoms with Gasteiger partial charge in [-0.1, -0.05) is 23.7 Å². The van der Waals surface area contributed by atoms with Crippen LogP contribution in [0.3, 0.4) is 0 Å². The Morgan fingerprint density at radius 2 is 1.73 bits per heavy atom. The third kappa shape index (κ3) is 3.38. The smallest absolute Gasteiger partial charge is 0.219 e. The summed E-state index contributed by atoms with van der Waals surface area (Å²) in [6.07, 6.45) is 5.47. The SMILES string of the molecule is COc1ccc(-c2cnc(/C=C/c3ccc(Cl)cc3)o2)cc1. The Hall–Kier alpha value is -2.52. The van der Waals surface area contributed by atoms with Crippen molar-refractivity contribution >= 4 is 23.8 Å². The first kappa shape index (κ1) is 14.4. The molecule has 0 unspecified atom stereocenters. The fourth-order valence-corrected chi connectivity index (χ4v) is 2.12. The van der Waals surface area contributed by atoms with Crippen molar-refractivity contribution in [2.45, 2.75) is 0 Å². The lowest BCUT2D eigenvalue weighted by atomic mass is 10.2. The van der Waals surface area contributed by atoms with Crippen molar-refractivity contribution in [2.75, 3.05) is 7.11 Å². The van der Waals surface area contributed by atoms with Gasteiger partial charge in [0.15, 0.2) is 5.76 Å². The molecule has 0 saturated carbocycles. The molecule has 0 fully saturated rings. The minimum Gasteiger partial charge on any atom is -0.497 e. The number of halogens is 1. The number of hydrogen-bond donors (Lipinski definition) is 0. The largest absolute Gasteiger partial charge is 0.497 e. The molecule has 0 aliphatic rings. The maximum absolute atomic E-state index is 5.86. The highest BCUT2D eigenvalue weighted by Crippen LogP contribution is 2.23. The van der Waals surface area contributed by atoms with Gasteiger partial charge in [0.1, 0.15) is 5.75 Å². The lowest BCUT2D eigenvalue weighted by Crippen LogP contribution is -1.81. The van der Waals surface area contributed by atoms with Gasteiger partial charge in [-0.25, -0.2) is 4.98 Å². The number of aromatic nitrogens is 1. The zero-order valence-electron chi connectivity index (χ0n) is 12.0. The molecule has 0 N–H and O–H groups in total. The van der Waals surface area contributed by atoms with Crippen LogP contribution in [0.5, 0.6) is 5.75 Å². The molecule has 2 aromatic carbocycles.